The summed E-state index contributed by atoms with van der Waals surface area (Å²) in [6.07, 6.45) is 8.96. The molecule has 0 saturated carbocycles. The molecule has 3 heterocycles. The van der Waals surface area contributed by atoms with E-state index in [1.807, 2.05) is 16.9 Å². The maximum atomic E-state index is 11.4. The Morgan fingerprint density at radius 1 is 0.909 bits per heavy atom. The molecule has 0 N–H and O–H groups in total. The summed E-state index contributed by atoms with van der Waals surface area (Å²) in [5.74, 6) is 1.06. The summed E-state index contributed by atoms with van der Waals surface area (Å²) in [5.41, 5.74) is 4.77. The van der Waals surface area contributed by atoms with Crippen LogP contribution in [0, 0.1) is 0 Å². The second-order valence-electron chi connectivity index (χ2n) is 9.30. The number of fused-ring (bicyclic) bond motifs is 2. The fraction of sp³-hybridized carbons (Fsp3) is 0.462. The van der Waals surface area contributed by atoms with Crippen molar-refractivity contribution in [2.75, 3.05) is 12.9 Å². The van der Waals surface area contributed by atoms with E-state index in [4.69, 9.17) is 4.74 Å². The molecular weight excluding hydrogens is 432 g/mol. The fourth-order valence-corrected chi connectivity index (χ4v) is 4.79. The van der Waals surface area contributed by atoms with Crippen LogP contribution in [0.3, 0.4) is 0 Å². The van der Waals surface area contributed by atoms with Gasteiger partial charge in [0, 0.05) is 23.6 Å². The lowest BCUT2D eigenvalue weighted by atomic mass is 10.0. The number of ether oxygens (including phenoxy) is 1. The van der Waals surface area contributed by atoms with E-state index in [9.17, 15) is 4.21 Å². The molecule has 5 rings (SSSR count). The van der Waals surface area contributed by atoms with Crippen LogP contribution < -0.4 is 0 Å². The van der Waals surface area contributed by atoms with Gasteiger partial charge >= 0.3 is 0 Å². The first-order valence-electron chi connectivity index (χ1n) is 11.8. The van der Waals surface area contributed by atoms with E-state index < -0.39 is 11.0 Å². The van der Waals surface area contributed by atoms with Gasteiger partial charge in [-0.25, -0.2) is 8.89 Å². The SMILES string of the molecule is CC(C)c1ccc2c(cnn2C2CCCCO2)c1.CC(C)c1ccc2c(cnn2S(C)=O)c1. The molecule has 2 aromatic carbocycles. The Balaban J connectivity index is 0.000000160. The minimum atomic E-state index is -1.08. The Bertz CT molecular complexity index is 1250. The minimum absolute atomic E-state index is 0.126. The molecule has 0 radical (unpaired) electrons. The highest BCUT2D eigenvalue weighted by Gasteiger charge is 2.18. The van der Waals surface area contributed by atoms with Gasteiger partial charge in [0.15, 0.2) is 6.23 Å². The van der Waals surface area contributed by atoms with E-state index in [0.717, 1.165) is 23.9 Å². The number of hydrogen-bond donors (Lipinski definition) is 0. The molecular formula is C26H34N4O2S. The van der Waals surface area contributed by atoms with Gasteiger partial charge in [-0.2, -0.15) is 14.3 Å². The van der Waals surface area contributed by atoms with Gasteiger partial charge in [-0.15, -0.1) is 0 Å². The maximum absolute atomic E-state index is 11.4. The van der Waals surface area contributed by atoms with Crippen molar-refractivity contribution in [3.63, 3.8) is 0 Å². The van der Waals surface area contributed by atoms with Gasteiger partial charge in [0.05, 0.1) is 23.4 Å². The van der Waals surface area contributed by atoms with Crippen molar-refractivity contribution in [1.29, 1.82) is 0 Å². The molecule has 176 valence electrons. The average Bonchev–Trinajstić information content (AvgIpc) is 3.43. The largest absolute Gasteiger partial charge is 0.356 e. The van der Waals surface area contributed by atoms with Crippen molar-refractivity contribution in [3.8, 4) is 0 Å². The molecule has 2 aromatic heterocycles. The average molecular weight is 467 g/mol. The van der Waals surface area contributed by atoms with Crippen LogP contribution in [0.5, 0.6) is 0 Å². The highest BCUT2D eigenvalue weighted by Crippen LogP contribution is 2.28. The van der Waals surface area contributed by atoms with Gasteiger partial charge in [0.25, 0.3) is 0 Å². The Morgan fingerprint density at radius 3 is 2.09 bits per heavy atom. The molecule has 7 heteroatoms. The zero-order valence-corrected chi connectivity index (χ0v) is 21.0. The third-order valence-electron chi connectivity index (χ3n) is 6.18. The van der Waals surface area contributed by atoms with Gasteiger partial charge in [-0.3, -0.25) is 0 Å². The lowest BCUT2D eigenvalue weighted by Gasteiger charge is -2.23. The molecule has 0 aliphatic carbocycles. The molecule has 1 aliphatic heterocycles. The molecule has 2 atom stereocenters. The summed E-state index contributed by atoms with van der Waals surface area (Å²) in [6.45, 7) is 9.61. The summed E-state index contributed by atoms with van der Waals surface area (Å²) in [7, 11) is -1.08. The van der Waals surface area contributed by atoms with E-state index in [-0.39, 0.29) is 6.23 Å². The first-order valence-corrected chi connectivity index (χ1v) is 13.3. The Hall–Kier alpha value is -2.51. The second kappa shape index (κ2) is 10.2. The van der Waals surface area contributed by atoms with Crippen molar-refractivity contribution in [2.45, 2.75) is 65.0 Å². The van der Waals surface area contributed by atoms with Crippen molar-refractivity contribution in [2.24, 2.45) is 0 Å². The zero-order chi connectivity index (χ0) is 23.5. The Labute approximate surface area is 198 Å². The van der Waals surface area contributed by atoms with E-state index in [0.29, 0.717) is 11.8 Å². The Kier molecular flexibility index (Phi) is 7.29. The van der Waals surface area contributed by atoms with Gasteiger partial charge < -0.3 is 4.74 Å². The molecule has 6 nitrogen and oxygen atoms in total. The number of aromatic nitrogens is 4. The minimum Gasteiger partial charge on any atom is -0.356 e. The van der Waals surface area contributed by atoms with Crippen LogP contribution in [-0.2, 0) is 15.7 Å². The molecule has 2 unspecified atom stereocenters. The van der Waals surface area contributed by atoms with Gasteiger partial charge in [-0.1, -0.05) is 39.8 Å². The lowest BCUT2D eigenvalue weighted by molar-refractivity contribution is -0.0366. The van der Waals surface area contributed by atoms with Gasteiger partial charge in [-0.05, 0) is 66.5 Å². The third-order valence-corrected chi connectivity index (χ3v) is 6.96. The van der Waals surface area contributed by atoms with Crippen molar-refractivity contribution in [3.05, 3.63) is 59.9 Å². The number of rotatable bonds is 4. The van der Waals surface area contributed by atoms with Crippen LogP contribution >= 0.6 is 0 Å². The normalized spacial score (nSPS) is 17.5. The van der Waals surface area contributed by atoms with Crippen LogP contribution in [-0.4, -0.2) is 36.0 Å². The van der Waals surface area contributed by atoms with E-state index >= 15 is 0 Å². The first-order chi connectivity index (χ1) is 15.8. The quantitative estimate of drug-likeness (QED) is 0.361. The maximum Gasteiger partial charge on any atom is 0.150 e. The Morgan fingerprint density at radius 2 is 1.52 bits per heavy atom. The van der Waals surface area contributed by atoms with E-state index in [2.05, 4.69) is 68.2 Å². The zero-order valence-electron chi connectivity index (χ0n) is 20.2. The number of hydrogen-bond acceptors (Lipinski definition) is 4. The van der Waals surface area contributed by atoms with Crippen LogP contribution in [0.15, 0.2) is 48.8 Å². The molecule has 1 aliphatic rings. The van der Waals surface area contributed by atoms with Gasteiger partial charge in [0.1, 0.15) is 11.0 Å². The monoisotopic (exact) mass is 466 g/mol. The highest BCUT2D eigenvalue weighted by atomic mass is 32.2. The summed E-state index contributed by atoms with van der Waals surface area (Å²) < 4.78 is 20.7. The summed E-state index contributed by atoms with van der Waals surface area (Å²) in [4.78, 5) is 0. The molecule has 1 saturated heterocycles. The van der Waals surface area contributed by atoms with E-state index in [1.165, 1.54) is 34.9 Å². The van der Waals surface area contributed by atoms with Crippen molar-refractivity contribution >= 4 is 32.8 Å². The first kappa shape index (κ1) is 23.6. The summed E-state index contributed by atoms with van der Waals surface area (Å²) >= 11 is 0. The molecule has 0 amide bonds. The molecule has 1 fully saturated rings. The predicted octanol–water partition coefficient (Wildman–Crippen LogP) is 6.16. The van der Waals surface area contributed by atoms with Crippen molar-refractivity contribution in [1.82, 2.24) is 19.0 Å². The fourth-order valence-electron chi connectivity index (χ4n) is 4.17. The molecule has 33 heavy (non-hydrogen) atoms. The van der Waals surface area contributed by atoms with Crippen LogP contribution in [0.25, 0.3) is 21.8 Å². The number of benzene rings is 2. The van der Waals surface area contributed by atoms with Gasteiger partial charge in [0.2, 0.25) is 0 Å². The smallest absolute Gasteiger partial charge is 0.150 e. The number of nitrogens with zero attached hydrogens (tertiary/aromatic N) is 4. The standard InChI is InChI=1S/C15H20N2O.C11H14N2OS/c1-11(2)12-6-7-14-13(9-12)10-16-17(14)15-5-3-4-8-18-15;1-8(2)9-4-5-11-10(6-9)7-12-13(11)15(3)14/h6-7,9-11,15H,3-5,8H2,1-2H3;4-8H,1-3H3. The summed E-state index contributed by atoms with van der Waals surface area (Å²) in [5, 5.41) is 10.9. The van der Waals surface area contributed by atoms with Crippen LogP contribution in [0.4, 0.5) is 0 Å². The lowest BCUT2D eigenvalue weighted by Crippen LogP contribution is -2.18. The highest BCUT2D eigenvalue weighted by molar-refractivity contribution is 7.82. The summed E-state index contributed by atoms with van der Waals surface area (Å²) in [6, 6.07) is 12.8. The topological polar surface area (TPSA) is 61.9 Å². The second-order valence-corrected chi connectivity index (χ2v) is 10.5. The molecule has 0 spiro atoms. The molecule has 0 bridgehead atoms. The van der Waals surface area contributed by atoms with E-state index in [1.54, 1.807) is 16.5 Å². The van der Waals surface area contributed by atoms with Crippen molar-refractivity contribution < 1.29 is 8.95 Å². The third kappa shape index (κ3) is 5.20. The predicted molar refractivity (Wildman–Crippen MR) is 136 cm³/mol. The molecule has 4 aromatic rings. The van der Waals surface area contributed by atoms with Crippen LogP contribution in [0.2, 0.25) is 0 Å². The van der Waals surface area contributed by atoms with Crippen LogP contribution in [0.1, 0.15) is 76.1 Å².